The number of aromatic amines is 2. The fraction of sp³-hybridized carbons (Fsp3) is 0.0833. The fourth-order valence-electron chi connectivity index (χ4n) is 1.81. The molecule has 0 spiro atoms. The molecule has 0 fully saturated rings. The molecule has 0 saturated heterocycles. The van der Waals surface area contributed by atoms with E-state index in [1.54, 1.807) is 12.1 Å². The summed E-state index contributed by atoms with van der Waals surface area (Å²) >= 11 is 0. The molecule has 7 heteroatoms. The van der Waals surface area contributed by atoms with Gasteiger partial charge in [-0.3, -0.25) is 14.8 Å². The largest absolute Gasteiger partial charge is 0.494 e. The molecule has 3 rings (SSSR count). The second kappa shape index (κ2) is 3.84. The van der Waals surface area contributed by atoms with Crippen molar-refractivity contribution in [2.24, 2.45) is 0 Å². The average molecular weight is 259 g/mol. The van der Waals surface area contributed by atoms with Crippen LogP contribution < -0.4 is 11.2 Å². The van der Waals surface area contributed by atoms with Crippen LogP contribution in [0.2, 0.25) is 0 Å². The molecule has 0 atom stereocenters. The van der Waals surface area contributed by atoms with Crippen LogP contribution in [0.1, 0.15) is 5.56 Å². The van der Waals surface area contributed by atoms with E-state index in [1.165, 1.54) is 0 Å². The zero-order valence-corrected chi connectivity index (χ0v) is 9.85. The van der Waals surface area contributed by atoms with Crippen LogP contribution in [-0.4, -0.2) is 20.1 Å². The minimum Gasteiger partial charge on any atom is -0.494 e. The Morgan fingerprint density at radius 1 is 1.26 bits per heavy atom. The molecule has 0 bridgehead atoms. The first-order valence-corrected chi connectivity index (χ1v) is 5.48. The molecular formula is C12H9N3O4. The van der Waals surface area contributed by atoms with Gasteiger partial charge in [0.1, 0.15) is 5.52 Å². The number of rotatable bonds is 1. The van der Waals surface area contributed by atoms with Gasteiger partial charge in [0.05, 0.1) is 0 Å². The van der Waals surface area contributed by atoms with E-state index >= 15 is 0 Å². The van der Waals surface area contributed by atoms with E-state index in [0.717, 1.165) is 5.56 Å². The molecule has 2 aromatic heterocycles. The molecule has 0 aliphatic carbocycles. The Morgan fingerprint density at radius 3 is 2.79 bits per heavy atom. The minimum absolute atomic E-state index is 0.0457. The number of benzene rings is 1. The van der Waals surface area contributed by atoms with Crippen LogP contribution in [0, 0.1) is 6.92 Å². The molecule has 0 aliphatic rings. The Bertz CT molecular complexity index is 888. The highest BCUT2D eigenvalue weighted by molar-refractivity contribution is 5.77. The highest BCUT2D eigenvalue weighted by Crippen LogP contribution is 2.26. The SMILES string of the molecule is Cc1ccc2nc(-c3c(O)[nH]c(=O)[nH]c3=O)oc2c1. The number of nitrogens with zero attached hydrogens (tertiary/aromatic N) is 1. The van der Waals surface area contributed by atoms with Gasteiger partial charge in [0.25, 0.3) is 5.56 Å². The van der Waals surface area contributed by atoms with Crippen LogP contribution in [0.15, 0.2) is 32.2 Å². The zero-order valence-electron chi connectivity index (χ0n) is 9.85. The maximum atomic E-state index is 11.7. The molecule has 3 N–H and O–H groups in total. The van der Waals surface area contributed by atoms with Crippen molar-refractivity contribution in [3.63, 3.8) is 0 Å². The molecule has 96 valence electrons. The Hall–Kier alpha value is -2.83. The van der Waals surface area contributed by atoms with Crippen LogP contribution in [0.3, 0.4) is 0 Å². The number of hydrogen-bond donors (Lipinski definition) is 3. The predicted molar refractivity (Wildman–Crippen MR) is 67.1 cm³/mol. The third-order valence-electron chi connectivity index (χ3n) is 2.68. The lowest BCUT2D eigenvalue weighted by atomic mass is 10.2. The summed E-state index contributed by atoms with van der Waals surface area (Å²) in [4.78, 5) is 30.9. The Kier molecular flexibility index (Phi) is 2.28. The molecule has 0 unspecified atom stereocenters. The summed E-state index contributed by atoms with van der Waals surface area (Å²) in [6.45, 7) is 1.89. The number of nitrogens with one attached hydrogen (secondary N) is 2. The second-order valence-electron chi connectivity index (χ2n) is 4.12. The van der Waals surface area contributed by atoms with Gasteiger partial charge in [0.15, 0.2) is 11.1 Å². The van der Waals surface area contributed by atoms with Gasteiger partial charge in [-0.1, -0.05) is 6.07 Å². The van der Waals surface area contributed by atoms with Crippen LogP contribution in [0.25, 0.3) is 22.6 Å². The summed E-state index contributed by atoms with van der Waals surface area (Å²) in [6, 6.07) is 5.36. The van der Waals surface area contributed by atoms with Gasteiger partial charge in [-0.2, -0.15) is 0 Å². The first-order chi connectivity index (χ1) is 9.04. The van der Waals surface area contributed by atoms with Crippen LogP contribution >= 0.6 is 0 Å². The lowest BCUT2D eigenvalue weighted by molar-refractivity contribution is 0.447. The summed E-state index contributed by atoms with van der Waals surface area (Å²) in [6.07, 6.45) is 0. The summed E-state index contributed by atoms with van der Waals surface area (Å²) in [5, 5.41) is 9.63. The molecule has 0 amide bonds. The maximum absolute atomic E-state index is 11.7. The lowest BCUT2D eigenvalue weighted by Crippen LogP contribution is -2.23. The zero-order chi connectivity index (χ0) is 13.6. The standard InChI is InChI=1S/C12H9N3O4/c1-5-2-3-6-7(4-5)19-11(13-6)8-9(16)14-12(18)15-10(8)17/h2-4H,1H3,(H3,14,15,16,17,18). The number of aromatic nitrogens is 3. The lowest BCUT2D eigenvalue weighted by Gasteiger charge is -1.96. The predicted octanol–water partition coefficient (Wildman–Crippen LogP) is 0.885. The van der Waals surface area contributed by atoms with E-state index < -0.39 is 17.1 Å². The van der Waals surface area contributed by atoms with E-state index in [-0.39, 0.29) is 11.5 Å². The molecule has 19 heavy (non-hydrogen) atoms. The summed E-state index contributed by atoms with van der Waals surface area (Å²) in [5.41, 5.74) is 0.289. The quantitative estimate of drug-likeness (QED) is 0.600. The van der Waals surface area contributed by atoms with Crippen molar-refractivity contribution >= 4 is 11.1 Å². The van der Waals surface area contributed by atoms with Gasteiger partial charge in [-0.15, -0.1) is 0 Å². The fourth-order valence-corrected chi connectivity index (χ4v) is 1.81. The molecule has 2 heterocycles. The van der Waals surface area contributed by atoms with E-state index in [0.29, 0.717) is 11.1 Å². The van der Waals surface area contributed by atoms with Gasteiger partial charge in [0, 0.05) is 0 Å². The molecule has 7 nitrogen and oxygen atoms in total. The van der Waals surface area contributed by atoms with Crippen LogP contribution in [-0.2, 0) is 0 Å². The smallest absolute Gasteiger partial charge is 0.328 e. The third kappa shape index (κ3) is 1.81. The van der Waals surface area contributed by atoms with Crippen molar-refractivity contribution in [2.45, 2.75) is 6.92 Å². The van der Waals surface area contributed by atoms with Crippen molar-refractivity contribution in [1.29, 1.82) is 0 Å². The molecule has 0 radical (unpaired) electrons. The number of aromatic hydroxyl groups is 1. The third-order valence-corrected chi connectivity index (χ3v) is 2.68. The van der Waals surface area contributed by atoms with Gasteiger partial charge in [0.2, 0.25) is 11.8 Å². The van der Waals surface area contributed by atoms with Crippen molar-refractivity contribution in [3.05, 3.63) is 44.6 Å². The monoisotopic (exact) mass is 259 g/mol. The highest BCUT2D eigenvalue weighted by Gasteiger charge is 2.17. The van der Waals surface area contributed by atoms with Gasteiger partial charge >= 0.3 is 5.69 Å². The number of fused-ring (bicyclic) bond motifs is 1. The Labute approximate surface area is 105 Å². The maximum Gasteiger partial charge on any atom is 0.328 e. The van der Waals surface area contributed by atoms with E-state index in [9.17, 15) is 14.7 Å². The summed E-state index contributed by atoms with van der Waals surface area (Å²) in [7, 11) is 0. The minimum atomic E-state index is -0.793. The normalized spacial score (nSPS) is 11.0. The van der Waals surface area contributed by atoms with Crippen LogP contribution in [0.4, 0.5) is 0 Å². The topological polar surface area (TPSA) is 112 Å². The highest BCUT2D eigenvalue weighted by atomic mass is 16.4. The van der Waals surface area contributed by atoms with Crippen molar-refractivity contribution in [2.75, 3.05) is 0 Å². The first kappa shape index (κ1) is 11.3. The molecule has 3 aromatic rings. The average Bonchev–Trinajstić information content (AvgIpc) is 2.69. The number of oxazole rings is 1. The molecule has 0 aliphatic heterocycles. The summed E-state index contributed by atoms with van der Waals surface area (Å²) in [5.74, 6) is -0.618. The van der Waals surface area contributed by atoms with E-state index in [1.807, 2.05) is 18.0 Å². The molecular weight excluding hydrogens is 250 g/mol. The summed E-state index contributed by atoms with van der Waals surface area (Å²) < 4.78 is 5.42. The van der Waals surface area contributed by atoms with Crippen LogP contribution in [0.5, 0.6) is 5.88 Å². The van der Waals surface area contributed by atoms with E-state index in [4.69, 9.17) is 4.42 Å². The van der Waals surface area contributed by atoms with E-state index in [2.05, 4.69) is 9.97 Å². The van der Waals surface area contributed by atoms with Crippen molar-refractivity contribution in [3.8, 4) is 17.3 Å². The molecule has 0 saturated carbocycles. The number of H-pyrrole nitrogens is 2. The number of aryl methyl sites for hydroxylation is 1. The van der Waals surface area contributed by atoms with Gasteiger partial charge in [-0.05, 0) is 24.6 Å². The van der Waals surface area contributed by atoms with Crippen molar-refractivity contribution < 1.29 is 9.52 Å². The second-order valence-corrected chi connectivity index (χ2v) is 4.12. The number of hydrogen-bond acceptors (Lipinski definition) is 5. The first-order valence-electron chi connectivity index (χ1n) is 5.48. The van der Waals surface area contributed by atoms with Gasteiger partial charge in [-0.25, -0.2) is 9.78 Å². The Morgan fingerprint density at radius 2 is 2.05 bits per heavy atom. The molecule has 1 aromatic carbocycles. The Balaban J connectivity index is 2.31. The van der Waals surface area contributed by atoms with Gasteiger partial charge < -0.3 is 9.52 Å². The van der Waals surface area contributed by atoms with Crippen molar-refractivity contribution in [1.82, 2.24) is 15.0 Å².